The summed E-state index contributed by atoms with van der Waals surface area (Å²) in [5, 5.41) is 0.00747. The van der Waals surface area contributed by atoms with Crippen molar-refractivity contribution in [2.45, 2.75) is 11.1 Å². The highest BCUT2D eigenvalue weighted by atomic mass is 35.5. The summed E-state index contributed by atoms with van der Waals surface area (Å²) in [7, 11) is -4.36. The van der Waals surface area contributed by atoms with E-state index in [4.69, 9.17) is 23.2 Å². The van der Waals surface area contributed by atoms with Crippen LogP contribution in [-0.2, 0) is 16.2 Å². The minimum Gasteiger partial charge on any atom is -0.279 e. The predicted molar refractivity (Wildman–Crippen MR) is 78.7 cm³/mol. The number of rotatable bonds is 3. The van der Waals surface area contributed by atoms with Gasteiger partial charge < -0.3 is 0 Å². The molecule has 23 heavy (non-hydrogen) atoms. The van der Waals surface area contributed by atoms with Crippen LogP contribution in [0.15, 0.2) is 41.3 Å². The van der Waals surface area contributed by atoms with Gasteiger partial charge in [0.25, 0.3) is 10.0 Å². The minimum atomic E-state index is -4.93. The molecule has 0 radical (unpaired) electrons. The van der Waals surface area contributed by atoms with Gasteiger partial charge in [0.05, 0.1) is 26.2 Å². The summed E-state index contributed by atoms with van der Waals surface area (Å²) in [5.74, 6) is -1.14. The van der Waals surface area contributed by atoms with Crippen LogP contribution in [0.4, 0.5) is 23.2 Å². The molecule has 0 aliphatic heterocycles. The van der Waals surface area contributed by atoms with Gasteiger partial charge in [0, 0.05) is 0 Å². The Morgan fingerprint density at radius 2 is 1.61 bits per heavy atom. The number of sulfonamides is 1. The highest BCUT2D eigenvalue weighted by Crippen LogP contribution is 2.36. The SMILES string of the molecule is O=S(=O)(Nc1ccc(F)cc1C(F)(F)F)c1ccc(Cl)c(Cl)c1. The van der Waals surface area contributed by atoms with Crippen molar-refractivity contribution in [3.63, 3.8) is 0 Å². The number of anilines is 1. The van der Waals surface area contributed by atoms with E-state index in [9.17, 15) is 26.0 Å². The lowest BCUT2D eigenvalue weighted by molar-refractivity contribution is -0.137. The Morgan fingerprint density at radius 1 is 0.957 bits per heavy atom. The molecule has 0 aliphatic carbocycles. The third-order valence-electron chi connectivity index (χ3n) is 2.73. The van der Waals surface area contributed by atoms with E-state index >= 15 is 0 Å². The van der Waals surface area contributed by atoms with Gasteiger partial charge in [-0.15, -0.1) is 0 Å². The van der Waals surface area contributed by atoms with Crippen LogP contribution in [-0.4, -0.2) is 8.42 Å². The Labute approximate surface area is 138 Å². The van der Waals surface area contributed by atoms with Crippen molar-refractivity contribution in [3.8, 4) is 0 Å². The van der Waals surface area contributed by atoms with E-state index in [-0.39, 0.29) is 21.0 Å². The highest BCUT2D eigenvalue weighted by molar-refractivity contribution is 7.92. The van der Waals surface area contributed by atoms with E-state index in [2.05, 4.69) is 0 Å². The average Bonchev–Trinajstić information content (AvgIpc) is 2.42. The molecule has 2 aromatic carbocycles. The zero-order chi connectivity index (χ0) is 17.4. The summed E-state index contributed by atoms with van der Waals surface area (Å²) < 4.78 is 77.7. The molecule has 0 heterocycles. The van der Waals surface area contributed by atoms with E-state index in [1.165, 1.54) is 6.07 Å². The van der Waals surface area contributed by atoms with Crippen molar-refractivity contribution in [1.29, 1.82) is 0 Å². The van der Waals surface area contributed by atoms with Crippen LogP contribution in [0.1, 0.15) is 5.56 Å². The Balaban J connectivity index is 2.47. The molecule has 0 saturated carbocycles. The first-order valence-electron chi connectivity index (χ1n) is 5.85. The lowest BCUT2D eigenvalue weighted by Gasteiger charge is -2.15. The molecule has 0 amide bonds. The lowest BCUT2D eigenvalue weighted by atomic mass is 10.2. The van der Waals surface area contributed by atoms with E-state index < -0.39 is 33.3 Å². The molecule has 0 saturated heterocycles. The van der Waals surface area contributed by atoms with Crippen LogP contribution in [0.3, 0.4) is 0 Å². The smallest absolute Gasteiger partial charge is 0.279 e. The zero-order valence-electron chi connectivity index (χ0n) is 11.0. The molecule has 3 nitrogen and oxygen atoms in total. The van der Waals surface area contributed by atoms with Gasteiger partial charge in [-0.3, -0.25) is 4.72 Å². The van der Waals surface area contributed by atoms with Gasteiger partial charge in [-0.05, 0) is 36.4 Å². The van der Waals surface area contributed by atoms with Crippen molar-refractivity contribution in [1.82, 2.24) is 0 Å². The second kappa shape index (κ2) is 6.18. The number of benzene rings is 2. The first-order valence-corrected chi connectivity index (χ1v) is 8.09. The van der Waals surface area contributed by atoms with Gasteiger partial charge >= 0.3 is 6.18 Å². The predicted octanol–water partition coefficient (Wildman–Crippen LogP) is 4.95. The summed E-state index contributed by atoms with van der Waals surface area (Å²) in [4.78, 5) is -0.385. The Kier molecular flexibility index (Phi) is 4.79. The molecule has 0 fully saturated rings. The van der Waals surface area contributed by atoms with Crippen molar-refractivity contribution >= 4 is 38.9 Å². The van der Waals surface area contributed by atoms with Gasteiger partial charge in [-0.2, -0.15) is 13.2 Å². The topological polar surface area (TPSA) is 46.2 Å². The molecule has 10 heteroatoms. The zero-order valence-corrected chi connectivity index (χ0v) is 13.3. The second-order valence-electron chi connectivity index (χ2n) is 4.37. The lowest BCUT2D eigenvalue weighted by Crippen LogP contribution is -2.17. The van der Waals surface area contributed by atoms with Crippen molar-refractivity contribution in [2.24, 2.45) is 0 Å². The second-order valence-corrected chi connectivity index (χ2v) is 6.87. The minimum absolute atomic E-state index is 0.0790. The molecule has 1 N–H and O–H groups in total. The Bertz CT molecular complexity index is 854. The first-order chi connectivity index (χ1) is 10.5. The average molecular weight is 388 g/mol. The van der Waals surface area contributed by atoms with Crippen LogP contribution < -0.4 is 4.72 Å². The van der Waals surface area contributed by atoms with Crippen LogP contribution in [0.25, 0.3) is 0 Å². The third-order valence-corrected chi connectivity index (χ3v) is 4.83. The third kappa shape index (κ3) is 4.07. The van der Waals surface area contributed by atoms with E-state index in [0.717, 1.165) is 12.1 Å². The van der Waals surface area contributed by atoms with Crippen LogP contribution in [0.5, 0.6) is 0 Å². The van der Waals surface area contributed by atoms with Crippen molar-refractivity contribution < 1.29 is 26.0 Å². The number of nitrogens with one attached hydrogen (secondary N) is 1. The summed E-state index contributed by atoms with van der Waals surface area (Å²) in [6.07, 6.45) is -4.93. The monoisotopic (exact) mass is 387 g/mol. The largest absolute Gasteiger partial charge is 0.418 e. The summed E-state index contributed by atoms with van der Waals surface area (Å²) >= 11 is 11.3. The summed E-state index contributed by atoms with van der Waals surface area (Å²) in [6.45, 7) is 0. The molecule has 0 atom stereocenters. The number of hydrogen-bond acceptors (Lipinski definition) is 2. The quantitative estimate of drug-likeness (QED) is 0.757. The molecule has 0 spiro atoms. The fourth-order valence-corrected chi connectivity index (χ4v) is 3.16. The summed E-state index contributed by atoms with van der Waals surface area (Å²) in [5.41, 5.74) is -2.24. The van der Waals surface area contributed by atoms with Crippen LogP contribution in [0.2, 0.25) is 10.0 Å². The first kappa shape index (κ1) is 17.8. The van der Waals surface area contributed by atoms with Crippen LogP contribution >= 0.6 is 23.2 Å². The fraction of sp³-hybridized carbons (Fsp3) is 0.0769. The highest BCUT2D eigenvalue weighted by Gasteiger charge is 2.35. The van der Waals surface area contributed by atoms with Crippen molar-refractivity contribution in [3.05, 3.63) is 57.8 Å². The Hall–Kier alpha value is -1.51. The van der Waals surface area contributed by atoms with E-state index in [1.807, 2.05) is 0 Å². The molecule has 0 bridgehead atoms. The molecule has 0 aromatic heterocycles. The number of halogens is 6. The van der Waals surface area contributed by atoms with Gasteiger partial charge in [-0.25, -0.2) is 12.8 Å². The standard InChI is InChI=1S/C13H7Cl2F4NO2S/c14-10-3-2-8(6-11(10)15)23(21,22)20-12-4-1-7(16)5-9(12)13(17,18)19/h1-6,20H. The van der Waals surface area contributed by atoms with E-state index in [0.29, 0.717) is 12.1 Å². The Morgan fingerprint density at radius 3 is 2.17 bits per heavy atom. The van der Waals surface area contributed by atoms with Crippen molar-refractivity contribution in [2.75, 3.05) is 4.72 Å². The fourth-order valence-electron chi connectivity index (χ4n) is 1.69. The molecule has 124 valence electrons. The maximum Gasteiger partial charge on any atom is 0.418 e. The van der Waals surface area contributed by atoms with Crippen LogP contribution in [0, 0.1) is 5.82 Å². The normalized spacial score (nSPS) is 12.3. The summed E-state index contributed by atoms with van der Waals surface area (Å²) in [6, 6.07) is 4.85. The van der Waals surface area contributed by atoms with Gasteiger partial charge in [0.1, 0.15) is 5.82 Å². The maximum absolute atomic E-state index is 13.0. The van der Waals surface area contributed by atoms with E-state index in [1.54, 1.807) is 4.72 Å². The number of alkyl halides is 3. The number of hydrogen-bond donors (Lipinski definition) is 1. The maximum atomic E-state index is 13.0. The molecule has 0 unspecified atom stereocenters. The molecule has 0 aliphatic rings. The van der Waals surface area contributed by atoms with Gasteiger partial charge in [0.2, 0.25) is 0 Å². The van der Waals surface area contributed by atoms with Gasteiger partial charge in [0.15, 0.2) is 0 Å². The molecule has 2 aromatic rings. The molecular weight excluding hydrogens is 381 g/mol. The van der Waals surface area contributed by atoms with Gasteiger partial charge in [-0.1, -0.05) is 23.2 Å². The molecule has 2 rings (SSSR count). The molecular formula is C13H7Cl2F4NO2S.